The molecule has 0 atom stereocenters. The summed E-state index contributed by atoms with van der Waals surface area (Å²) in [7, 11) is -2.39. The highest BCUT2D eigenvalue weighted by molar-refractivity contribution is 7.92. The summed E-state index contributed by atoms with van der Waals surface area (Å²) < 4.78 is 33.0. The van der Waals surface area contributed by atoms with E-state index in [9.17, 15) is 13.2 Å². The summed E-state index contributed by atoms with van der Waals surface area (Å²) >= 11 is 12.1. The zero-order valence-electron chi connectivity index (χ0n) is 18.0. The Labute approximate surface area is 204 Å². The van der Waals surface area contributed by atoms with E-state index in [0.29, 0.717) is 24.4 Å². The van der Waals surface area contributed by atoms with Gasteiger partial charge in [0.25, 0.3) is 10.0 Å². The van der Waals surface area contributed by atoms with Gasteiger partial charge in [-0.1, -0.05) is 59.6 Å². The molecule has 174 valence electrons. The molecule has 9 heteroatoms. The van der Waals surface area contributed by atoms with Crippen molar-refractivity contribution in [3.63, 3.8) is 0 Å². The molecular formula is C24H24Cl2N2O4S. The minimum absolute atomic E-state index is 0.0695. The fourth-order valence-electron chi connectivity index (χ4n) is 3.28. The van der Waals surface area contributed by atoms with Crippen LogP contribution in [0.25, 0.3) is 0 Å². The van der Waals surface area contributed by atoms with Gasteiger partial charge in [-0.25, -0.2) is 8.42 Å². The summed E-state index contributed by atoms with van der Waals surface area (Å²) in [5.74, 6) is 0.365. The summed E-state index contributed by atoms with van der Waals surface area (Å²) in [4.78, 5) is 12.8. The first-order valence-corrected chi connectivity index (χ1v) is 12.4. The van der Waals surface area contributed by atoms with Gasteiger partial charge in [0.1, 0.15) is 12.3 Å². The third-order valence-corrected chi connectivity index (χ3v) is 7.47. The fraction of sp³-hybridized carbons (Fsp3) is 0.208. The van der Waals surface area contributed by atoms with Crippen molar-refractivity contribution in [1.82, 2.24) is 5.32 Å². The molecule has 0 aliphatic heterocycles. The number of carbonyl (C=O) groups excluding carboxylic acids is 1. The molecule has 6 nitrogen and oxygen atoms in total. The minimum Gasteiger partial charge on any atom is -0.496 e. The van der Waals surface area contributed by atoms with Crippen molar-refractivity contribution in [2.24, 2.45) is 0 Å². The first-order chi connectivity index (χ1) is 15.8. The second-order valence-corrected chi connectivity index (χ2v) is 9.87. The van der Waals surface area contributed by atoms with E-state index in [2.05, 4.69) is 5.32 Å². The Morgan fingerprint density at radius 3 is 2.36 bits per heavy atom. The van der Waals surface area contributed by atoms with Crippen LogP contribution in [0.2, 0.25) is 10.0 Å². The number of benzene rings is 3. The third kappa shape index (κ3) is 6.41. The molecule has 0 bridgehead atoms. The molecule has 3 rings (SSSR count). The summed E-state index contributed by atoms with van der Waals surface area (Å²) in [6.45, 7) is -0.0126. The zero-order chi connectivity index (χ0) is 23.8. The molecule has 1 N–H and O–H groups in total. The number of carbonyl (C=O) groups is 1. The highest BCUT2D eigenvalue weighted by Gasteiger charge is 2.27. The Kier molecular flexibility index (Phi) is 8.61. The van der Waals surface area contributed by atoms with Gasteiger partial charge >= 0.3 is 0 Å². The van der Waals surface area contributed by atoms with Gasteiger partial charge in [-0.3, -0.25) is 9.10 Å². The van der Waals surface area contributed by atoms with E-state index < -0.39 is 22.5 Å². The molecule has 3 aromatic rings. The van der Waals surface area contributed by atoms with Gasteiger partial charge in [-0.05, 0) is 54.8 Å². The molecule has 0 aliphatic rings. The van der Waals surface area contributed by atoms with Crippen molar-refractivity contribution in [2.45, 2.75) is 17.7 Å². The molecule has 0 unspecified atom stereocenters. The predicted molar refractivity (Wildman–Crippen MR) is 132 cm³/mol. The van der Waals surface area contributed by atoms with Crippen LogP contribution in [-0.2, 0) is 21.2 Å². The van der Waals surface area contributed by atoms with Gasteiger partial charge in [0.15, 0.2) is 0 Å². The van der Waals surface area contributed by atoms with Gasteiger partial charge in [0, 0.05) is 6.54 Å². The molecule has 0 radical (unpaired) electrons. The van der Waals surface area contributed by atoms with Crippen molar-refractivity contribution >= 4 is 44.8 Å². The standard InChI is InChI=1S/C24H24Cl2N2O4S/c1-32-23-12-6-5-8-18(23)9-7-15-27-24(29)17-28(19-13-14-21(25)22(26)16-19)33(30,31)20-10-3-2-4-11-20/h2-6,8,10-14,16H,7,9,15,17H2,1H3,(H,27,29). The van der Waals surface area contributed by atoms with Gasteiger partial charge in [0.05, 0.1) is 27.7 Å². The first kappa shape index (κ1) is 24.9. The van der Waals surface area contributed by atoms with E-state index in [1.807, 2.05) is 24.3 Å². The van der Waals surface area contributed by atoms with Crippen LogP contribution in [0.5, 0.6) is 5.75 Å². The van der Waals surface area contributed by atoms with Crippen LogP contribution in [0.3, 0.4) is 0 Å². The average molecular weight is 507 g/mol. The lowest BCUT2D eigenvalue weighted by Gasteiger charge is -2.24. The largest absolute Gasteiger partial charge is 0.496 e. The predicted octanol–water partition coefficient (Wildman–Crippen LogP) is 4.95. The Hall–Kier alpha value is -2.74. The Morgan fingerprint density at radius 1 is 0.970 bits per heavy atom. The second-order valence-electron chi connectivity index (χ2n) is 7.19. The summed E-state index contributed by atoms with van der Waals surface area (Å²) in [6, 6.07) is 20.1. The van der Waals surface area contributed by atoms with Crippen LogP contribution < -0.4 is 14.4 Å². The maximum Gasteiger partial charge on any atom is 0.264 e. The molecular weight excluding hydrogens is 483 g/mol. The SMILES string of the molecule is COc1ccccc1CCCNC(=O)CN(c1ccc(Cl)c(Cl)c1)S(=O)(=O)c1ccccc1. The molecule has 0 aliphatic carbocycles. The number of amides is 1. The van der Waals surface area contributed by atoms with Crippen molar-refractivity contribution in [3.05, 3.63) is 88.4 Å². The number of hydrogen-bond donors (Lipinski definition) is 1. The quantitative estimate of drug-likeness (QED) is 0.394. The van der Waals surface area contributed by atoms with E-state index in [4.69, 9.17) is 27.9 Å². The first-order valence-electron chi connectivity index (χ1n) is 10.2. The Morgan fingerprint density at radius 2 is 1.67 bits per heavy atom. The normalized spacial score (nSPS) is 11.1. The van der Waals surface area contributed by atoms with Gasteiger partial charge in [0.2, 0.25) is 5.91 Å². The molecule has 33 heavy (non-hydrogen) atoms. The molecule has 1 amide bonds. The van der Waals surface area contributed by atoms with Crippen LogP contribution in [-0.4, -0.2) is 34.5 Å². The Bertz CT molecular complexity index is 1200. The Balaban J connectivity index is 1.72. The number of aryl methyl sites for hydroxylation is 1. The van der Waals surface area contributed by atoms with E-state index in [-0.39, 0.29) is 15.6 Å². The second kappa shape index (κ2) is 11.4. The maximum atomic E-state index is 13.3. The highest BCUT2D eigenvalue weighted by Crippen LogP contribution is 2.30. The van der Waals surface area contributed by atoms with E-state index in [0.717, 1.165) is 15.6 Å². The molecule has 0 aromatic heterocycles. The zero-order valence-corrected chi connectivity index (χ0v) is 20.3. The molecule has 0 heterocycles. The monoisotopic (exact) mass is 506 g/mol. The smallest absolute Gasteiger partial charge is 0.264 e. The number of methoxy groups -OCH3 is 1. The van der Waals surface area contributed by atoms with E-state index in [1.54, 1.807) is 25.3 Å². The van der Waals surface area contributed by atoms with Gasteiger partial charge in [-0.15, -0.1) is 0 Å². The summed E-state index contributed by atoms with van der Waals surface area (Å²) in [6.07, 6.45) is 1.38. The number of rotatable bonds is 10. The molecule has 0 saturated heterocycles. The fourth-order valence-corrected chi connectivity index (χ4v) is 5.00. The average Bonchev–Trinajstić information content (AvgIpc) is 2.83. The minimum atomic E-state index is -4.01. The van der Waals surface area contributed by atoms with Crippen molar-refractivity contribution in [2.75, 3.05) is 24.5 Å². The van der Waals surface area contributed by atoms with E-state index in [1.165, 1.54) is 30.3 Å². The molecule has 0 spiro atoms. The van der Waals surface area contributed by atoms with Gasteiger partial charge in [-0.2, -0.15) is 0 Å². The lowest BCUT2D eigenvalue weighted by Crippen LogP contribution is -2.41. The molecule has 0 fully saturated rings. The summed E-state index contributed by atoms with van der Waals surface area (Å²) in [5.41, 5.74) is 1.29. The van der Waals surface area contributed by atoms with Crippen LogP contribution in [0.15, 0.2) is 77.7 Å². The number of para-hydroxylation sites is 1. The number of halogens is 2. The van der Waals surface area contributed by atoms with Crippen molar-refractivity contribution in [3.8, 4) is 5.75 Å². The lowest BCUT2D eigenvalue weighted by molar-refractivity contribution is -0.119. The number of nitrogens with zero attached hydrogens (tertiary/aromatic N) is 1. The number of nitrogens with one attached hydrogen (secondary N) is 1. The number of anilines is 1. The van der Waals surface area contributed by atoms with Crippen molar-refractivity contribution < 1.29 is 17.9 Å². The summed E-state index contributed by atoms with van der Waals surface area (Å²) in [5, 5.41) is 3.28. The molecule has 0 saturated carbocycles. The van der Waals surface area contributed by atoms with Crippen LogP contribution >= 0.6 is 23.2 Å². The third-order valence-electron chi connectivity index (χ3n) is 4.95. The highest BCUT2D eigenvalue weighted by atomic mass is 35.5. The van der Waals surface area contributed by atoms with E-state index >= 15 is 0 Å². The maximum absolute atomic E-state index is 13.3. The topological polar surface area (TPSA) is 75.7 Å². The van der Waals surface area contributed by atoms with Crippen LogP contribution in [0, 0.1) is 0 Å². The number of ether oxygens (including phenoxy) is 1. The van der Waals surface area contributed by atoms with Crippen LogP contribution in [0.4, 0.5) is 5.69 Å². The molecule has 3 aromatic carbocycles. The van der Waals surface area contributed by atoms with Gasteiger partial charge < -0.3 is 10.1 Å². The number of sulfonamides is 1. The lowest BCUT2D eigenvalue weighted by atomic mass is 10.1. The number of hydrogen-bond acceptors (Lipinski definition) is 4. The van der Waals surface area contributed by atoms with Crippen molar-refractivity contribution in [1.29, 1.82) is 0 Å². The van der Waals surface area contributed by atoms with Crippen LogP contribution in [0.1, 0.15) is 12.0 Å².